The minimum Gasteiger partial charge on any atom is -0.462 e. The van der Waals surface area contributed by atoms with Crippen LogP contribution in [0.2, 0.25) is 0 Å². The third-order valence-electron chi connectivity index (χ3n) is 7.60. The standard InChI is InChI=1S/C21H28O5/c1-12-10-14(22)13-11-15-19(4,26-17(13)25-12)8-9-21(24)18(2,3)7-6-16(23)20(15,21)5/h6-7,12,15,24H,8-11H2,1-5H3/t12-,15+,19-,20+,21-/m1/s1. The molecule has 2 aliphatic heterocycles. The van der Waals surface area contributed by atoms with Crippen LogP contribution in [0, 0.1) is 16.7 Å². The van der Waals surface area contributed by atoms with E-state index in [-0.39, 0.29) is 23.6 Å². The van der Waals surface area contributed by atoms with Crippen LogP contribution in [0.25, 0.3) is 0 Å². The fourth-order valence-electron chi connectivity index (χ4n) is 5.76. The molecule has 0 spiro atoms. The molecule has 0 radical (unpaired) electrons. The van der Waals surface area contributed by atoms with Crippen molar-refractivity contribution in [1.82, 2.24) is 0 Å². The summed E-state index contributed by atoms with van der Waals surface area (Å²) in [6, 6.07) is 0. The van der Waals surface area contributed by atoms with Crippen molar-refractivity contribution in [2.45, 2.75) is 77.6 Å². The molecule has 142 valence electrons. The first-order valence-electron chi connectivity index (χ1n) is 9.53. The van der Waals surface area contributed by atoms with E-state index in [0.29, 0.717) is 37.2 Å². The highest BCUT2D eigenvalue weighted by molar-refractivity contribution is 5.99. The molecule has 4 aliphatic rings. The molecule has 1 saturated carbocycles. The highest BCUT2D eigenvalue weighted by Crippen LogP contribution is 2.64. The summed E-state index contributed by atoms with van der Waals surface area (Å²) in [4.78, 5) is 25.7. The molecule has 4 rings (SSSR count). The highest BCUT2D eigenvalue weighted by atomic mass is 16.7. The minimum atomic E-state index is -1.18. The zero-order valence-corrected chi connectivity index (χ0v) is 16.2. The summed E-state index contributed by atoms with van der Waals surface area (Å²) in [5, 5.41) is 11.7. The van der Waals surface area contributed by atoms with Crippen molar-refractivity contribution in [2.24, 2.45) is 16.7 Å². The summed E-state index contributed by atoms with van der Waals surface area (Å²) in [6.45, 7) is 9.65. The Labute approximate surface area is 154 Å². The summed E-state index contributed by atoms with van der Waals surface area (Å²) in [7, 11) is 0. The smallest absolute Gasteiger partial charge is 0.286 e. The van der Waals surface area contributed by atoms with E-state index in [1.54, 1.807) is 6.08 Å². The van der Waals surface area contributed by atoms with Crippen molar-refractivity contribution < 1.29 is 24.2 Å². The lowest BCUT2D eigenvalue weighted by Gasteiger charge is -2.64. The predicted octanol–water partition coefficient (Wildman–Crippen LogP) is 3.07. The predicted molar refractivity (Wildman–Crippen MR) is 95.0 cm³/mol. The molecular formula is C21H28O5. The van der Waals surface area contributed by atoms with Gasteiger partial charge in [0.05, 0.1) is 16.6 Å². The van der Waals surface area contributed by atoms with Crippen molar-refractivity contribution in [2.75, 3.05) is 0 Å². The van der Waals surface area contributed by atoms with Crippen LogP contribution in [0.3, 0.4) is 0 Å². The van der Waals surface area contributed by atoms with Crippen LogP contribution in [0.15, 0.2) is 23.7 Å². The average Bonchev–Trinajstić information content (AvgIpc) is 2.54. The number of hydrogen-bond acceptors (Lipinski definition) is 5. The second kappa shape index (κ2) is 5.00. The molecule has 5 nitrogen and oxygen atoms in total. The summed E-state index contributed by atoms with van der Waals surface area (Å²) in [5.74, 6) is -0.0122. The molecule has 26 heavy (non-hydrogen) atoms. The SMILES string of the molecule is C[C@@H]1CC(=O)C2=C(O1)O[C@]1(C)CC[C@@]3(O)C(C)(C)C=CC(=O)[C@]3(C)[C@H]1C2. The molecule has 0 aromatic carbocycles. The van der Waals surface area contributed by atoms with Crippen LogP contribution in [-0.4, -0.2) is 34.0 Å². The van der Waals surface area contributed by atoms with Gasteiger partial charge in [0.15, 0.2) is 11.6 Å². The van der Waals surface area contributed by atoms with Gasteiger partial charge in [0.1, 0.15) is 11.7 Å². The maximum atomic E-state index is 13.1. The number of ketones is 2. The van der Waals surface area contributed by atoms with E-state index in [2.05, 4.69) is 0 Å². The largest absolute Gasteiger partial charge is 0.462 e. The quantitative estimate of drug-likeness (QED) is 0.719. The molecule has 1 N–H and O–H groups in total. The van der Waals surface area contributed by atoms with Crippen molar-refractivity contribution in [3.8, 4) is 0 Å². The Kier molecular flexibility index (Phi) is 3.42. The van der Waals surface area contributed by atoms with E-state index in [4.69, 9.17) is 9.47 Å². The summed E-state index contributed by atoms with van der Waals surface area (Å²) in [6.07, 6.45) is 5.03. The fourth-order valence-corrected chi connectivity index (χ4v) is 5.76. The molecule has 0 amide bonds. The first-order valence-corrected chi connectivity index (χ1v) is 9.53. The Morgan fingerprint density at radius 2 is 1.81 bits per heavy atom. The van der Waals surface area contributed by atoms with Crippen molar-refractivity contribution in [3.63, 3.8) is 0 Å². The lowest BCUT2D eigenvalue weighted by atomic mass is 9.43. The van der Waals surface area contributed by atoms with Crippen LogP contribution in [0.1, 0.15) is 60.3 Å². The third-order valence-corrected chi connectivity index (χ3v) is 7.60. The van der Waals surface area contributed by atoms with Gasteiger partial charge in [0, 0.05) is 17.8 Å². The highest BCUT2D eigenvalue weighted by Gasteiger charge is 2.71. The van der Waals surface area contributed by atoms with E-state index in [1.165, 1.54) is 0 Å². The Morgan fingerprint density at radius 3 is 2.50 bits per heavy atom. The zero-order chi connectivity index (χ0) is 19.1. The molecule has 0 bridgehead atoms. The molecule has 2 aliphatic carbocycles. The van der Waals surface area contributed by atoms with Gasteiger partial charge in [0.25, 0.3) is 5.95 Å². The van der Waals surface area contributed by atoms with Gasteiger partial charge in [0.2, 0.25) is 0 Å². The van der Waals surface area contributed by atoms with Crippen molar-refractivity contribution >= 4 is 11.6 Å². The molecule has 5 heteroatoms. The van der Waals surface area contributed by atoms with Gasteiger partial charge in [-0.05, 0) is 46.1 Å². The zero-order valence-electron chi connectivity index (χ0n) is 16.2. The fraction of sp³-hybridized carbons (Fsp3) is 0.714. The van der Waals surface area contributed by atoms with Crippen LogP contribution >= 0.6 is 0 Å². The molecule has 0 aromatic heterocycles. The number of aliphatic hydroxyl groups is 1. The second-order valence-corrected chi connectivity index (χ2v) is 9.48. The average molecular weight is 360 g/mol. The summed E-state index contributed by atoms with van der Waals surface area (Å²) in [5.41, 5.74) is -2.83. The topological polar surface area (TPSA) is 72.8 Å². The van der Waals surface area contributed by atoms with Gasteiger partial charge in [-0.15, -0.1) is 0 Å². The van der Waals surface area contributed by atoms with Gasteiger partial charge in [-0.2, -0.15) is 0 Å². The maximum absolute atomic E-state index is 13.1. The number of hydrogen-bond donors (Lipinski definition) is 1. The van der Waals surface area contributed by atoms with Gasteiger partial charge in [-0.25, -0.2) is 0 Å². The number of carbonyl (C=O) groups is 2. The molecule has 2 heterocycles. The van der Waals surface area contributed by atoms with E-state index < -0.39 is 22.0 Å². The molecular weight excluding hydrogens is 332 g/mol. The second-order valence-electron chi connectivity index (χ2n) is 9.48. The Hall–Kier alpha value is -1.62. The first-order chi connectivity index (χ1) is 11.9. The summed E-state index contributed by atoms with van der Waals surface area (Å²) >= 11 is 0. The normalized spacial score (nSPS) is 46.7. The van der Waals surface area contributed by atoms with Gasteiger partial charge >= 0.3 is 0 Å². The Balaban J connectivity index is 1.85. The van der Waals surface area contributed by atoms with Crippen LogP contribution < -0.4 is 0 Å². The molecule has 0 unspecified atom stereocenters. The number of carbonyl (C=O) groups excluding carboxylic acids is 2. The number of Topliss-reactive ketones (excluding diaryl/α,β-unsaturated/α-hetero) is 1. The van der Waals surface area contributed by atoms with Gasteiger partial charge in [-0.1, -0.05) is 19.9 Å². The number of ether oxygens (including phenoxy) is 2. The summed E-state index contributed by atoms with van der Waals surface area (Å²) < 4.78 is 12.1. The first kappa shape index (κ1) is 17.8. The van der Waals surface area contributed by atoms with Gasteiger partial charge < -0.3 is 14.6 Å². The van der Waals surface area contributed by atoms with Crippen molar-refractivity contribution in [1.29, 1.82) is 0 Å². The van der Waals surface area contributed by atoms with Crippen LogP contribution in [0.5, 0.6) is 0 Å². The Bertz CT molecular complexity index is 762. The van der Waals surface area contributed by atoms with Crippen molar-refractivity contribution in [3.05, 3.63) is 23.7 Å². The molecule has 1 fully saturated rings. The van der Waals surface area contributed by atoms with E-state index >= 15 is 0 Å². The van der Waals surface area contributed by atoms with E-state index in [1.807, 2.05) is 40.7 Å². The van der Waals surface area contributed by atoms with Crippen LogP contribution in [0.4, 0.5) is 0 Å². The Morgan fingerprint density at radius 1 is 1.12 bits per heavy atom. The lowest BCUT2D eigenvalue weighted by molar-refractivity contribution is -0.253. The monoisotopic (exact) mass is 360 g/mol. The third kappa shape index (κ3) is 1.95. The van der Waals surface area contributed by atoms with E-state index in [9.17, 15) is 14.7 Å². The molecule has 0 saturated heterocycles. The maximum Gasteiger partial charge on any atom is 0.286 e. The molecule has 0 aromatic rings. The van der Waals surface area contributed by atoms with E-state index in [0.717, 1.165) is 0 Å². The minimum absolute atomic E-state index is 0.0246. The van der Waals surface area contributed by atoms with Gasteiger partial charge in [-0.3, -0.25) is 9.59 Å². The number of rotatable bonds is 0. The number of fused-ring (bicyclic) bond motifs is 3. The van der Waals surface area contributed by atoms with Crippen LogP contribution in [-0.2, 0) is 19.1 Å². The number of allylic oxidation sites excluding steroid dienone is 2. The lowest BCUT2D eigenvalue weighted by Crippen LogP contribution is -2.71. The molecule has 5 atom stereocenters.